The molecule has 3 aliphatic heterocycles. The van der Waals surface area contributed by atoms with Crippen LogP contribution in [0.2, 0.25) is 4.82 Å². The zero-order valence-electron chi connectivity index (χ0n) is 24.1. The van der Waals surface area contributed by atoms with Crippen LogP contribution in [0.1, 0.15) is 56.0 Å². The predicted molar refractivity (Wildman–Crippen MR) is 160 cm³/mol. The first kappa shape index (κ1) is 29.0. The molecule has 3 heterocycles. The Labute approximate surface area is 250 Å². The van der Waals surface area contributed by atoms with Crippen molar-refractivity contribution in [1.29, 1.82) is 0 Å². The van der Waals surface area contributed by atoms with Crippen LogP contribution in [0.25, 0.3) is 0 Å². The molecular formula is C34H41NO5Se. The van der Waals surface area contributed by atoms with Gasteiger partial charge in [-0.2, -0.15) is 0 Å². The van der Waals surface area contributed by atoms with Gasteiger partial charge in [0.05, 0.1) is 0 Å². The van der Waals surface area contributed by atoms with Crippen LogP contribution in [0.15, 0.2) is 84.9 Å². The summed E-state index contributed by atoms with van der Waals surface area (Å²) in [5, 5.41) is 0. The van der Waals surface area contributed by atoms with E-state index in [4.69, 9.17) is 23.7 Å². The minimum absolute atomic E-state index is 0.0768. The van der Waals surface area contributed by atoms with Crippen molar-refractivity contribution < 1.29 is 23.7 Å². The molecule has 3 aliphatic rings. The molecule has 218 valence electrons. The van der Waals surface area contributed by atoms with E-state index in [1.807, 2.05) is 43.5 Å². The average Bonchev–Trinajstić information content (AvgIpc) is 3.34. The molecule has 3 aromatic carbocycles. The van der Waals surface area contributed by atoms with Crippen molar-refractivity contribution in [2.45, 2.75) is 81.0 Å². The Morgan fingerprint density at radius 3 is 1.80 bits per heavy atom. The first-order valence-electron chi connectivity index (χ1n) is 14.9. The quantitative estimate of drug-likeness (QED) is 0.282. The number of ether oxygens (including phenoxy) is 5. The van der Waals surface area contributed by atoms with E-state index in [9.17, 15) is 0 Å². The third kappa shape index (κ3) is 6.20. The molecule has 0 aromatic heterocycles. The molecule has 0 unspecified atom stereocenters. The molecule has 7 heteroatoms. The second kappa shape index (κ2) is 13.5. The summed E-state index contributed by atoms with van der Waals surface area (Å²) in [6, 6.07) is 29.5. The molecule has 0 saturated carbocycles. The van der Waals surface area contributed by atoms with Crippen molar-refractivity contribution in [1.82, 2.24) is 4.90 Å². The first-order chi connectivity index (χ1) is 20.2. The summed E-state index contributed by atoms with van der Waals surface area (Å²) in [5.74, 6) is 0. The summed E-state index contributed by atoms with van der Waals surface area (Å²) in [6.45, 7) is 6.49. The summed E-state index contributed by atoms with van der Waals surface area (Å²) < 4.78 is 33.5. The molecule has 8 atom stereocenters. The molecule has 0 amide bonds. The van der Waals surface area contributed by atoms with E-state index >= 15 is 0 Å². The summed E-state index contributed by atoms with van der Waals surface area (Å²) in [7, 11) is 1.85. The van der Waals surface area contributed by atoms with Crippen LogP contribution < -0.4 is 4.46 Å². The number of fused-ring (bicyclic) bond motifs is 3. The number of likely N-dealkylation sites (tertiary alicyclic amines) is 1. The van der Waals surface area contributed by atoms with Gasteiger partial charge in [0.2, 0.25) is 0 Å². The Kier molecular flexibility index (Phi) is 9.55. The molecule has 0 N–H and O–H groups in total. The van der Waals surface area contributed by atoms with E-state index in [-0.39, 0.29) is 24.3 Å². The maximum absolute atomic E-state index is 6.73. The fourth-order valence-electron chi connectivity index (χ4n) is 6.43. The monoisotopic (exact) mass is 623 g/mol. The second-order valence-corrected chi connectivity index (χ2v) is 13.7. The van der Waals surface area contributed by atoms with E-state index in [0.717, 1.165) is 30.5 Å². The second-order valence-electron chi connectivity index (χ2n) is 11.0. The molecule has 3 saturated heterocycles. The number of benzene rings is 3. The SMILES string of the molecule is CC[C@H](OC)[C@@H](CC)[Se]c1ccccc1CN1[C@H]2CO[C@@H](c3ccccc3)O[C@H]2[C@@H]2O[C@H](c3ccccc3)OC[C@@H]21. The third-order valence-corrected chi connectivity index (χ3v) is 11.9. The predicted octanol–water partition coefficient (Wildman–Crippen LogP) is 5.42. The molecule has 3 aromatic rings. The summed E-state index contributed by atoms with van der Waals surface area (Å²) >= 11 is 0.302. The normalized spacial score (nSPS) is 29.4. The van der Waals surface area contributed by atoms with E-state index < -0.39 is 12.6 Å². The van der Waals surface area contributed by atoms with E-state index in [2.05, 4.69) is 67.3 Å². The summed E-state index contributed by atoms with van der Waals surface area (Å²) in [4.78, 5) is 3.07. The Balaban J connectivity index is 1.27. The zero-order chi connectivity index (χ0) is 28.2. The van der Waals surface area contributed by atoms with Crippen molar-refractivity contribution in [3.63, 3.8) is 0 Å². The van der Waals surface area contributed by atoms with Gasteiger partial charge in [-0.05, 0) is 0 Å². The molecule has 3 fully saturated rings. The molecular weight excluding hydrogens is 581 g/mol. The van der Waals surface area contributed by atoms with Crippen LogP contribution in [0.5, 0.6) is 0 Å². The minimum atomic E-state index is -0.402. The van der Waals surface area contributed by atoms with Gasteiger partial charge in [-0.25, -0.2) is 0 Å². The number of hydrogen-bond acceptors (Lipinski definition) is 6. The topological polar surface area (TPSA) is 49.4 Å². The molecule has 41 heavy (non-hydrogen) atoms. The Bertz CT molecular complexity index is 1180. The molecule has 6 rings (SSSR count). The van der Waals surface area contributed by atoms with Gasteiger partial charge in [-0.1, -0.05) is 0 Å². The fourth-order valence-corrected chi connectivity index (χ4v) is 9.35. The van der Waals surface area contributed by atoms with E-state index in [0.29, 0.717) is 39.1 Å². The van der Waals surface area contributed by atoms with Crippen LogP contribution in [0.4, 0.5) is 0 Å². The van der Waals surface area contributed by atoms with Crippen LogP contribution in [-0.4, -0.2) is 70.6 Å². The van der Waals surface area contributed by atoms with Crippen LogP contribution >= 0.6 is 0 Å². The fraction of sp³-hybridized carbons (Fsp3) is 0.471. The standard InChI is InChI=1S/C34H41NO5Se/c1-4-28(36-3)29(5-2)41-30-19-13-12-18-25(30)20-35-26-21-37-33(23-14-8-6-9-15-23)39-31(26)32-27(35)22-38-34(40-32)24-16-10-7-11-17-24/h6-19,26-29,31-34H,4-5,20-22H2,1-3H3/t26-,27-,28-,29+,31+,32+,33+,34+/m0/s1. The number of methoxy groups -OCH3 is 1. The van der Waals surface area contributed by atoms with Gasteiger partial charge in [0, 0.05) is 0 Å². The molecule has 6 nitrogen and oxygen atoms in total. The van der Waals surface area contributed by atoms with Crippen molar-refractivity contribution in [3.8, 4) is 0 Å². The van der Waals surface area contributed by atoms with E-state index in [1.54, 1.807) is 0 Å². The van der Waals surface area contributed by atoms with Crippen molar-refractivity contribution >= 4 is 19.4 Å². The number of rotatable bonds is 10. The zero-order valence-corrected chi connectivity index (χ0v) is 25.8. The summed E-state index contributed by atoms with van der Waals surface area (Å²) in [6.07, 6.45) is 1.40. The number of nitrogens with zero attached hydrogens (tertiary/aromatic N) is 1. The first-order valence-corrected chi connectivity index (χ1v) is 16.7. The van der Waals surface area contributed by atoms with Crippen molar-refractivity contribution in [3.05, 3.63) is 102 Å². The molecule has 0 radical (unpaired) electrons. The molecule has 0 bridgehead atoms. The van der Waals surface area contributed by atoms with Crippen molar-refractivity contribution in [2.24, 2.45) is 0 Å². The van der Waals surface area contributed by atoms with Gasteiger partial charge in [-0.15, -0.1) is 0 Å². The third-order valence-electron chi connectivity index (χ3n) is 8.60. The number of hydrogen-bond donors (Lipinski definition) is 0. The molecule has 0 spiro atoms. The van der Waals surface area contributed by atoms with Gasteiger partial charge in [0.15, 0.2) is 0 Å². The van der Waals surface area contributed by atoms with Crippen molar-refractivity contribution in [2.75, 3.05) is 20.3 Å². The van der Waals surface area contributed by atoms with Crippen LogP contribution in [0.3, 0.4) is 0 Å². The van der Waals surface area contributed by atoms with Gasteiger partial charge < -0.3 is 0 Å². The Morgan fingerprint density at radius 2 is 1.29 bits per heavy atom. The Hall–Kier alpha value is -2.06. The van der Waals surface area contributed by atoms with Gasteiger partial charge in [-0.3, -0.25) is 0 Å². The van der Waals surface area contributed by atoms with Gasteiger partial charge in [0.1, 0.15) is 0 Å². The van der Waals surface area contributed by atoms with Crippen LogP contribution in [-0.2, 0) is 30.2 Å². The summed E-state index contributed by atoms with van der Waals surface area (Å²) in [5.41, 5.74) is 3.44. The van der Waals surface area contributed by atoms with E-state index in [1.165, 1.54) is 10.0 Å². The van der Waals surface area contributed by atoms with Gasteiger partial charge in [0.25, 0.3) is 0 Å². The maximum atomic E-state index is 6.73. The average molecular weight is 623 g/mol. The molecule has 0 aliphatic carbocycles. The van der Waals surface area contributed by atoms with Crippen LogP contribution in [0, 0.1) is 0 Å². The van der Waals surface area contributed by atoms with Gasteiger partial charge >= 0.3 is 251 Å². The Morgan fingerprint density at radius 1 is 0.756 bits per heavy atom.